The number of hydrogen-bond donors (Lipinski definition) is 0. The fourth-order valence-corrected chi connectivity index (χ4v) is 9.32. The van der Waals surface area contributed by atoms with E-state index in [1.54, 1.807) is 0 Å². The van der Waals surface area contributed by atoms with Crippen LogP contribution in [0.3, 0.4) is 0 Å². The number of hydrogen-bond acceptors (Lipinski definition) is 4. The molecule has 270 valence electrons. The molecule has 0 aromatic carbocycles. The topological polar surface area (TPSA) is 43.2 Å². The quantitative estimate of drug-likeness (QED) is 0.0832. The summed E-state index contributed by atoms with van der Waals surface area (Å²) in [6, 6.07) is 0.866. The Morgan fingerprint density at radius 3 is 1.09 bits per heavy atom. The van der Waals surface area contributed by atoms with E-state index >= 15 is 0 Å². The Morgan fingerprint density at radius 2 is 0.867 bits per heavy atom. The molecular weight excluding hydrogens is 767 g/mol. The second kappa shape index (κ2) is 22.8. The molecule has 0 saturated heterocycles. The Bertz CT molecular complexity index is 769. The second-order valence-corrected chi connectivity index (χ2v) is 30.1. The van der Waals surface area contributed by atoms with E-state index in [1.807, 2.05) is 0 Å². The van der Waals surface area contributed by atoms with Crippen molar-refractivity contribution in [1.82, 2.24) is 0 Å². The molecule has 0 N–H and O–H groups in total. The zero-order chi connectivity index (χ0) is 34.2. The van der Waals surface area contributed by atoms with Crippen molar-refractivity contribution in [3.63, 3.8) is 0 Å². The van der Waals surface area contributed by atoms with Gasteiger partial charge >= 0.3 is 39.3 Å². The van der Waals surface area contributed by atoms with Gasteiger partial charge in [-0.05, 0) is 126 Å². The van der Waals surface area contributed by atoms with Crippen LogP contribution in [-0.4, -0.2) is 53.4 Å². The molecule has 4 atom stereocenters. The molecule has 0 aromatic heterocycles. The van der Waals surface area contributed by atoms with Gasteiger partial charge in [-0.2, -0.15) is 0 Å². The van der Waals surface area contributed by atoms with Gasteiger partial charge in [0.2, 0.25) is 0 Å². The maximum atomic E-state index is 6.34. The van der Waals surface area contributed by atoms with E-state index in [2.05, 4.69) is 109 Å². The van der Waals surface area contributed by atoms with Gasteiger partial charge in [0.1, 0.15) is 0 Å². The third kappa shape index (κ3) is 17.6. The van der Waals surface area contributed by atoms with E-state index in [1.165, 1.54) is 73.7 Å². The van der Waals surface area contributed by atoms with Crippen molar-refractivity contribution in [2.24, 2.45) is 45.5 Å². The zero-order valence-electron chi connectivity index (χ0n) is 31.3. The summed E-state index contributed by atoms with van der Waals surface area (Å²) in [7, 11) is -1.82. The van der Waals surface area contributed by atoms with Crippen molar-refractivity contribution in [1.29, 1.82) is 0 Å². The summed E-state index contributed by atoms with van der Waals surface area (Å²) in [6.07, 6.45) is 14.3. The third-order valence-electron chi connectivity index (χ3n) is 9.98. The van der Waals surface area contributed by atoms with E-state index in [-0.39, 0.29) is 0 Å². The first-order valence-electron chi connectivity index (χ1n) is 18.4. The first kappa shape index (κ1) is 44.2. The number of halogens is 2. The van der Waals surface area contributed by atoms with Gasteiger partial charge in [0.05, 0.1) is 23.5 Å². The average Bonchev–Trinajstić information content (AvgIpc) is 2.96. The Labute approximate surface area is 302 Å². The van der Waals surface area contributed by atoms with E-state index in [0.29, 0.717) is 35.8 Å². The first-order chi connectivity index (χ1) is 21.1. The van der Waals surface area contributed by atoms with Crippen LogP contribution in [0.15, 0.2) is 9.98 Å². The Morgan fingerprint density at radius 1 is 0.600 bits per heavy atom. The normalized spacial score (nSPS) is 30.3. The molecule has 2 rings (SSSR count). The Hall–Kier alpha value is 1.15. The van der Waals surface area contributed by atoms with Crippen LogP contribution >= 0.6 is 28.5 Å². The summed E-state index contributed by atoms with van der Waals surface area (Å²) in [5, 5.41) is 0. The van der Waals surface area contributed by atoms with Crippen LogP contribution in [0.2, 0.25) is 39.3 Å². The molecule has 2 aliphatic rings. The molecule has 0 heterocycles. The maximum absolute atomic E-state index is 6.34. The van der Waals surface area contributed by atoms with Gasteiger partial charge in [0.25, 0.3) is 0 Å². The molecule has 0 radical (unpaired) electrons. The van der Waals surface area contributed by atoms with Crippen molar-refractivity contribution in [3.8, 4) is 0 Å². The minimum absolute atomic E-state index is 0.433. The summed E-state index contributed by atoms with van der Waals surface area (Å²) >= 11 is 6.00. The number of nitrogens with zero attached hydrogens (tertiary/aromatic N) is 2. The van der Waals surface area contributed by atoms with Crippen molar-refractivity contribution in [3.05, 3.63) is 0 Å². The third-order valence-corrected chi connectivity index (χ3v) is 12.1. The van der Waals surface area contributed by atoms with E-state index in [9.17, 15) is 0 Å². The standard InChI is InChI=1S/C36H72N2O2Si2.2BrH.Ni/c1-13-29-23-27(5)24-30(14-2)35(29)37-33(19-17-21-39-41(7,8)9)34(20-18-22-40-42(10,11)12)38-36-31(15-3)25-28(6)26-32(36)16-4;;;/h27-32,35-36H,13-26H2,1-12H3;2*1H;/q;;;+2/p-2. The van der Waals surface area contributed by atoms with Gasteiger partial charge in [0.15, 0.2) is 16.6 Å². The van der Waals surface area contributed by atoms with Crippen molar-refractivity contribution in [2.45, 2.75) is 170 Å². The van der Waals surface area contributed by atoms with Gasteiger partial charge in [-0.15, -0.1) is 0 Å². The van der Waals surface area contributed by atoms with Crippen LogP contribution in [-0.2, 0) is 19.7 Å². The summed E-state index contributed by atoms with van der Waals surface area (Å²) in [5.41, 5.74) is 2.64. The molecule has 9 heteroatoms. The van der Waals surface area contributed by atoms with E-state index in [0.717, 1.165) is 50.7 Å². The van der Waals surface area contributed by atoms with Gasteiger partial charge in [-0.3, -0.25) is 9.98 Å². The molecule has 2 aliphatic carbocycles. The van der Waals surface area contributed by atoms with Crippen molar-refractivity contribution >= 4 is 56.5 Å². The monoisotopic (exact) mass is 836 g/mol. The van der Waals surface area contributed by atoms with Gasteiger partial charge < -0.3 is 8.85 Å². The summed E-state index contributed by atoms with van der Waals surface area (Å²) in [4.78, 5) is 11.7. The van der Waals surface area contributed by atoms with Crippen LogP contribution in [0.5, 0.6) is 0 Å². The molecule has 2 saturated carbocycles. The molecule has 4 nitrogen and oxygen atoms in total. The van der Waals surface area contributed by atoms with E-state index < -0.39 is 16.6 Å². The van der Waals surface area contributed by atoms with Crippen LogP contribution in [0, 0.1) is 35.5 Å². The van der Waals surface area contributed by atoms with Gasteiger partial charge in [0, 0.05) is 13.2 Å². The predicted molar refractivity (Wildman–Crippen MR) is 209 cm³/mol. The van der Waals surface area contributed by atoms with E-state index in [4.69, 9.17) is 18.8 Å². The van der Waals surface area contributed by atoms with Crippen molar-refractivity contribution in [2.75, 3.05) is 13.2 Å². The Balaban J connectivity index is 0.00000324. The molecule has 0 bridgehead atoms. The summed E-state index contributed by atoms with van der Waals surface area (Å²) in [5.74, 6) is 4.37. The van der Waals surface area contributed by atoms with Crippen molar-refractivity contribution < 1.29 is 19.7 Å². The van der Waals surface area contributed by atoms with Gasteiger partial charge in [-0.1, -0.05) is 67.2 Å². The SMILES string of the molecule is CCC1CC(C)CC(CC)C1N=C(CCCO[Si](C)(C)C)C(CCCO[Si](C)(C)C)=NC1C(CC)CC(C)CC1CC.[Br][Ni][Br]. The second-order valence-electron chi connectivity index (χ2n) is 16.1. The number of rotatable bonds is 17. The number of aliphatic imine (C=N–C) groups is 2. The molecule has 45 heavy (non-hydrogen) atoms. The molecule has 0 aliphatic heterocycles. The molecular formula is C36H72Br2N2NiO2Si2. The Kier molecular flexibility index (Phi) is 22.4. The van der Waals surface area contributed by atoms with Crippen LogP contribution in [0.25, 0.3) is 0 Å². The summed E-state index contributed by atoms with van der Waals surface area (Å²) in [6.45, 7) is 30.0. The first-order valence-corrected chi connectivity index (χ1v) is 30.1. The predicted octanol–water partition coefficient (Wildman–Crippen LogP) is 12.5. The zero-order valence-corrected chi connectivity index (χ0v) is 37.5. The van der Waals surface area contributed by atoms with Crippen LogP contribution in [0.1, 0.15) is 119 Å². The molecule has 0 amide bonds. The minimum atomic E-state index is -1.54. The fraction of sp³-hybridized carbons (Fsp3) is 0.944. The van der Waals surface area contributed by atoms with Crippen LogP contribution < -0.4 is 0 Å². The van der Waals surface area contributed by atoms with Gasteiger partial charge in [-0.25, -0.2) is 0 Å². The summed E-state index contributed by atoms with van der Waals surface area (Å²) < 4.78 is 12.7. The molecule has 4 unspecified atom stereocenters. The molecule has 2 fully saturated rings. The molecule has 0 aromatic rings. The average molecular weight is 840 g/mol. The molecule has 0 spiro atoms. The van der Waals surface area contributed by atoms with Crippen LogP contribution in [0.4, 0.5) is 0 Å². The fourth-order valence-electron chi connectivity index (χ4n) is 7.80.